The minimum atomic E-state index is -0.111. The van der Waals surface area contributed by atoms with Gasteiger partial charge >= 0.3 is 0 Å². The lowest BCUT2D eigenvalue weighted by Crippen LogP contribution is -2.01. The number of nitrogens with zero attached hydrogens (tertiary/aromatic N) is 2. The van der Waals surface area contributed by atoms with E-state index < -0.39 is 0 Å². The molecule has 0 fully saturated rings. The van der Waals surface area contributed by atoms with Crippen LogP contribution in [0.2, 0.25) is 0 Å². The summed E-state index contributed by atoms with van der Waals surface area (Å²) in [6.45, 7) is -0.111. The van der Waals surface area contributed by atoms with E-state index in [2.05, 4.69) is 33.6 Å². The van der Waals surface area contributed by atoms with Crippen molar-refractivity contribution < 1.29 is 5.11 Å². The highest BCUT2D eigenvalue weighted by Crippen LogP contribution is 2.24. The number of nitrogen functional groups attached to an aromatic ring is 1. The molecule has 0 aliphatic carbocycles. The number of benzene rings is 2. The normalized spacial score (nSPS) is 11.1. The maximum absolute atomic E-state index is 9.50. The molecule has 0 amide bonds. The van der Waals surface area contributed by atoms with Crippen molar-refractivity contribution in [2.24, 2.45) is 0 Å². The number of halogens is 1. The zero-order valence-corrected chi connectivity index (χ0v) is 12.2. The molecule has 0 radical (unpaired) electrons. The first-order chi connectivity index (χ1) is 9.19. The number of aliphatic hydroxyl groups is 1. The average Bonchev–Trinajstić information content (AvgIpc) is 2.76. The maximum Gasteiger partial charge on any atom is 0.140 e. The van der Waals surface area contributed by atoms with Crippen LogP contribution in [0.5, 0.6) is 0 Å². The third-order valence-electron chi connectivity index (χ3n) is 2.96. The number of aromatic nitrogens is 2. The summed E-state index contributed by atoms with van der Waals surface area (Å²) in [6.07, 6.45) is 0. The van der Waals surface area contributed by atoms with Gasteiger partial charge in [0.25, 0.3) is 0 Å². The van der Waals surface area contributed by atoms with Crippen LogP contribution in [0.15, 0.2) is 42.5 Å². The van der Waals surface area contributed by atoms with Gasteiger partial charge in [-0.2, -0.15) is 0 Å². The Morgan fingerprint density at radius 3 is 2.79 bits per heavy atom. The summed E-state index contributed by atoms with van der Waals surface area (Å²) >= 11 is 2.27. The molecule has 0 atom stereocenters. The molecule has 0 bridgehead atoms. The van der Waals surface area contributed by atoms with Crippen LogP contribution in [0.25, 0.3) is 16.7 Å². The van der Waals surface area contributed by atoms with Crippen LogP contribution in [0.4, 0.5) is 5.69 Å². The molecule has 0 saturated heterocycles. The summed E-state index contributed by atoms with van der Waals surface area (Å²) in [7, 11) is 0. The van der Waals surface area contributed by atoms with Crippen LogP contribution in [0.1, 0.15) is 5.82 Å². The third kappa shape index (κ3) is 2.19. The number of anilines is 1. The highest BCUT2D eigenvalue weighted by molar-refractivity contribution is 14.1. The molecule has 0 spiro atoms. The van der Waals surface area contributed by atoms with E-state index in [0.717, 1.165) is 20.3 Å². The number of imidazole rings is 1. The van der Waals surface area contributed by atoms with Crippen molar-refractivity contribution in [2.45, 2.75) is 6.61 Å². The van der Waals surface area contributed by atoms with E-state index in [1.807, 2.05) is 41.0 Å². The minimum absolute atomic E-state index is 0.111. The maximum atomic E-state index is 9.50. The van der Waals surface area contributed by atoms with E-state index in [-0.39, 0.29) is 6.61 Å². The lowest BCUT2D eigenvalue weighted by molar-refractivity contribution is 0.270. The predicted octanol–water partition coefficient (Wildman–Crippen LogP) is 2.70. The van der Waals surface area contributed by atoms with Gasteiger partial charge in [0.2, 0.25) is 0 Å². The van der Waals surface area contributed by atoms with Gasteiger partial charge < -0.3 is 10.8 Å². The summed E-state index contributed by atoms with van der Waals surface area (Å²) < 4.78 is 3.09. The van der Waals surface area contributed by atoms with Crippen molar-refractivity contribution in [3.63, 3.8) is 0 Å². The molecule has 19 heavy (non-hydrogen) atoms. The molecular weight excluding hydrogens is 353 g/mol. The van der Waals surface area contributed by atoms with Gasteiger partial charge in [-0.1, -0.05) is 6.07 Å². The Bertz CT molecular complexity index is 752. The molecule has 5 heteroatoms. The van der Waals surface area contributed by atoms with E-state index in [4.69, 9.17) is 5.73 Å². The number of hydrogen-bond donors (Lipinski definition) is 2. The second-order valence-corrected chi connectivity index (χ2v) is 5.50. The number of aliphatic hydroxyl groups excluding tert-OH is 1. The Labute approximate surface area is 124 Å². The largest absolute Gasteiger partial charge is 0.399 e. The molecule has 1 aromatic heterocycles. The number of rotatable bonds is 2. The van der Waals surface area contributed by atoms with Crippen LogP contribution < -0.4 is 5.73 Å². The lowest BCUT2D eigenvalue weighted by atomic mass is 10.2. The Kier molecular flexibility index (Phi) is 3.16. The quantitative estimate of drug-likeness (QED) is 0.542. The molecule has 3 aromatic rings. The topological polar surface area (TPSA) is 64.1 Å². The van der Waals surface area contributed by atoms with Crippen molar-refractivity contribution in [3.8, 4) is 5.69 Å². The Morgan fingerprint density at radius 2 is 2.05 bits per heavy atom. The third-order valence-corrected chi connectivity index (χ3v) is 3.63. The molecule has 3 N–H and O–H groups in total. The smallest absolute Gasteiger partial charge is 0.140 e. The monoisotopic (exact) mass is 365 g/mol. The number of hydrogen-bond acceptors (Lipinski definition) is 3. The Hall–Kier alpha value is -1.60. The summed E-state index contributed by atoms with van der Waals surface area (Å²) in [5.41, 5.74) is 9.17. The summed E-state index contributed by atoms with van der Waals surface area (Å²) in [5, 5.41) is 9.50. The Morgan fingerprint density at radius 1 is 1.21 bits per heavy atom. The summed E-state index contributed by atoms with van der Waals surface area (Å²) in [5.74, 6) is 0.614. The molecule has 0 saturated carbocycles. The van der Waals surface area contributed by atoms with E-state index >= 15 is 0 Å². The van der Waals surface area contributed by atoms with Gasteiger partial charge in [0.1, 0.15) is 12.4 Å². The second-order valence-electron chi connectivity index (χ2n) is 4.25. The molecule has 1 heterocycles. The molecular formula is C14H12IN3O. The van der Waals surface area contributed by atoms with Gasteiger partial charge in [0.05, 0.1) is 11.0 Å². The molecule has 4 nitrogen and oxygen atoms in total. The highest BCUT2D eigenvalue weighted by atomic mass is 127. The highest BCUT2D eigenvalue weighted by Gasteiger charge is 2.11. The first-order valence-electron chi connectivity index (χ1n) is 5.82. The van der Waals surface area contributed by atoms with Crippen LogP contribution in [0.3, 0.4) is 0 Å². The van der Waals surface area contributed by atoms with Gasteiger partial charge in [-0.3, -0.25) is 4.57 Å². The number of nitrogens with two attached hydrogens (primary N) is 1. The Balaban J connectivity index is 2.32. The van der Waals surface area contributed by atoms with E-state index in [1.165, 1.54) is 0 Å². The number of fused-ring (bicyclic) bond motifs is 1. The van der Waals surface area contributed by atoms with E-state index in [9.17, 15) is 5.11 Å². The van der Waals surface area contributed by atoms with Crippen molar-refractivity contribution in [2.75, 3.05) is 5.73 Å². The van der Waals surface area contributed by atoms with E-state index in [0.29, 0.717) is 11.5 Å². The molecule has 0 aliphatic heterocycles. The average molecular weight is 365 g/mol. The first kappa shape index (κ1) is 12.4. The fourth-order valence-corrected chi connectivity index (χ4v) is 2.68. The minimum Gasteiger partial charge on any atom is -0.399 e. The summed E-state index contributed by atoms with van der Waals surface area (Å²) in [6, 6.07) is 13.7. The standard InChI is InChI=1S/C14H12IN3O/c15-9-2-1-3-11(6-9)18-13-5-4-10(16)7-12(13)17-14(18)8-19/h1-7,19H,8,16H2. The van der Waals surface area contributed by atoms with Crippen molar-refractivity contribution >= 4 is 39.3 Å². The SMILES string of the molecule is Nc1ccc2c(c1)nc(CO)n2-c1cccc(I)c1. The predicted molar refractivity (Wildman–Crippen MR) is 84.1 cm³/mol. The van der Waals surface area contributed by atoms with Gasteiger partial charge in [0, 0.05) is 14.9 Å². The van der Waals surface area contributed by atoms with Gasteiger partial charge in [0.15, 0.2) is 0 Å². The van der Waals surface area contributed by atoms with Gasteiger partial charge in [-0.15, -0.1) is 0 Å². The molecule has 0 unspecified atom stereocenters. The fraction of sp³-hybridized carbons (Fsp3) is 0.0714. The van der Waals surface area contributed by atoms with Crippen molar-refractivity contribution in [1.82, 2.24) is 9.55 Å². The molecule has 96 valence electrons. The van der Waals surface area contributed by atoms with Crippen LogP contribution in [-0.2, 0) is 6.61 Å². The van der Waals surface area contributed by atoms with Crippen LogP contribution in [0, 0.1) is 3.57 Å². The second kappa shape index (κ2) is 4.82. The first-order valence-corrected chi connectivity index (χ1v) is 6.90. The van der Waals surface area contributed by atoms with Crippen molar-refractivity contribution in [3.05, 3.63) is 51.9 Å². The lowest BCUT2D eigenvalue weighted by Gasteiger charge is -2.08. The van der Waals surface area contributed by atoms with Crippen LogP contribution in [-0.4, -0.2) is 14.7 Å². The molecule has 3 rings (SSSR count). The zero-order chi connectivity index (χ0) is 13.4. The van der Waals surface area contributed by atoms with Gasteiger partial charge in [-0.25, -0.2) is 4.98 Å². The van der Waals surface area contributed by atoms with Gasteiger partial charge in [-0.05, 0) is 59.0 Å². The molecule has 2 aromatic carbocycles. The summed E-state index contributed by atoms with van der Waals surface area (Å²) in [4.78, 5) is 4.43. The van der Waals surface area contributed by atoms with E-state index in [1.54, 1.807) is 0 Å². The van der Waals surface area contributed by atoms with Crippen LogP contribution >= 0.6 is 22.6 Å². The zero-order valence-electron chi connectivity index (χ0n) is 10.0. The van der Waals surface area contributed by atoms with Crippen molar-refractivity contribution in [1.29, 1.82) is 0 Å². The fourth-order valence-electron chi connectivity index (χ4n) is 2.16. The molecule has 0 aliphatic rings.